The molecule has 0 saturated heterocycles. The van der Waals surface area contributed by atoms with Crippen LogP contribution in [0.25, 0.3) is 0 Å². The van der Waals surface area contributed by atoms with Crippen molar-refractivity contribution in [2.75, 3.05) is 13.1 Å². The number of rotatable bonds is 6. The van der Waals surface area contributed by atoms with Gasteiger partial charge in [-0.1, -0.05) is 0 Å². The minimum Gasteiger partial charge on any atom is -0.482 e. The molecule has 152 valence electrons. The molecule has 0 radical (unpaired) electrons. The van der Waals surface area contributed by atoms with E-state index in [0.717, 1.165) is 11.1 Å². The highest BCUT2D eigenvalue weighted by molar-refractivity contribution is 5.88. The zero-order valence-corrected chi connectivity index (χ0v) is 15.8. The van der Waals surface area contributed by atoms with E-state index in [9.17, 15) is 18.4 Å². The minimum atomic E-state index is -0.608. The average molecular weight is 401 g/mol. The molecule has 1 N–H and O–H groups in total. The van der Waals surface area contributed by atoms with E-state index in [-0.39, 0.29) is 36.3 Å². The standard InChI is InChI=1S/C22H21F2NO4/c23-15-3-7-19-13(9-15)1-5-21(28-19)17(26)11-25-12-18(27)22-6-2-14-10-16(24)4-8-20(14)29-22/h3-4,7-10,21-22,25H,1-2,5-6,11-12H2/t21-,22+. The van der Waals surface area contributed by atoms with Gasteiger partial charge < -0.3 is 14.8 Å². The van der Waals surface area contributed by atoms with Crippen molar-refractivity contribution in [3.05, 3.63) is 59.2 Å². The summed E-state index contributed by atoms with van der Waals surface area (Å²) in [5.41, 5.74) is 1.51. The third-order valence-corrected chi connectivity index (χ3v) is 5.25. The third-order valence-electron chi connectivity index (χ3n) is 5.25. The molecule has 2 aromatic carbocycles. The molecule has 0 amide bonds. The molecular formula is C22H21F2NO4. The molecular weight excluding hydrogens is 380 g/mol. The summed E-state index contributed by atoms with van der Waals surface area (Å²) in [6, 6.07) is 8.52. The first-order valence-corrected chi connectivity index (χ1v) is 9.66. The van der Waals surface area contributed by atoms with Crippen molar-refractivity contribution in [2.24, 2.45) is 0 Å². The van der Waals surface area contributed by atoms with Crippen LogP contribution in [-0.2, 0) is 22.4 Å². The van der Waals surface area contributed by atoms with Crippen molar-refractivity contribution in [1.29, 1.82) is 0 Å². The van der Waals surface area contributed by atoms with Crippen LogP contribution in [0.3, 0.4) is 0 Å². The first kappa shape index (κ1) is 19.5. The summed E-state index contributed by atoms with van der Waals surface area (Å²) in [5, 5.41) is 2.87. The maximum absolute atomic E-state index is 13.3. The normalized spacial score (nSPS) is 20.1. The Hall–Kier alpha value is -2.80. The van der Waals surface area contributed by atoms with E-state index in [1.165, 1.54) is 36.4 Å². The van der Waals surface area contributed by atoms with Gasteiger partial charge in [-0.2, -0.15) is 0 Å². The molecule has 4 rings (SSSR count). The van der Waals surface area contributed by atoms with Gasteiger partial charge >= 0.3 is 0 Å². The predicted octanol–water partition coefficient (Wildman–Crippen LogP) is 2.78. The molecule has 2 aliphatic rings. The summed E-state index contributed by atoms with van der Waals surface area (Å²) >= 11 is 0. The van der Waals surface area contributed by atoms with E-state index in [4.69, 9.17) is 9.47 Å². The third kappa shape index (κ3) is 4.45. The van der Waals surface area contributed by atoms with E-state index in [1.807, 2.05) is 0 Å². The van der Waals surface area contributed by atoms with Crippen LogP contribution in [0.15, 0.2) is 36.4 Å². The van der Waals surface area contributed by atoms with Crippen molar-refractivity contribution in [3.63, 3.8) is 0 Å². The largest absolute Gasteiger partial charge is 0.482 e. The van der Waals surface area contributed by atoms with Gasteiger partial charge in [0.1, 0.15) is 23.1 Å². The highest BCUT2D eigenvalue weighted by Gasteiger charge is 2.28. The number of nitrogens with one attached hydrogen (secondary N) is 1. The van der Waals surface area contributed by atoms with Gasteiger partial charge in [0, 0.05) is 0 Å². The van der Waals surface area contributed by atoms with Crippen LogP contribution in [-0.4, -0.2) is 36.9 Å². The number of hydrogen-bond donors (Lipinski definition) is 1. The Morgan fingerprint density at radius 1 is 0.828 bits per heavy atom. The van der Waals surface area contributed by atoms with Crippen LogP contribution in [0.1, 0.15) is 24.0 Å². The Labute approximate surface area is 167 Å². The first-order valence-electron chi connectivity index (χ1n) is 9.66. The Morgan fingerprint density at radius 3 is 1.72 bits per heavy atom. The maximum atomic E-state index is 13.3. The second-order valence-electron chi connectivity index (χ2n) is 7.33. The molecule has 2 atom stereocenters. The quantitative estimate of drug-likeness (QED) is 0.807. The summed E-state index contributed by atoms with van der Waals surface area (Å²) in [5.74, 6) is 0.0943. The minimum absolute atomic E-state index is 0.00144. The predicted molar refractivity (Wildman–Crippen MR) is 101 cm³/mol. The number of ether oxygens (including phenoxy) is 2. The van der Waals surface area contributed by atoms with Gasteiger partial charge in [0.25, 0.3) is 0 Å². The van der Waals surface area contributed by atoms with Gasteiger partial charge in [-0.15, -0.1) is 0 Å². The Morgan fingerprint density at radius 2 is 1.28 bits per heavy atom. The van der Waals surface area contributed by atoms with Crippen LogP contribution < -0.4 is 14.8 Å². The average Bonchev–Trinajstić information content (AvgIpc) is 2.72. The van der Waals surface area contributed by atoms with E-state index in [1.54, 1.807) is 0 Å². The second kappa shape index (κ2) is 8.29. The number of Topliss-reactive ketones (excluding diaryl/α,β-unsaturated/α-hetero) is 2. The summed E-state index contributed by atoms with van der Waals surface area (Å²) in [6.07, 6.45) is 0.872. The fourth-order valence-corrected chi connectivity index (χ4v) is 3.70. The molecule has 0 unspecified atom stereocenters. The lowest BCUT2D eigenvalue weighted by atomic mass is 9.99. The highest BCUT2D eigenvalue weighted by atomic mass is 19.1. The fourth-order valence-electron chi connectivity index (χ4n) is 3.70. The lowest BCUT2D eigenvalue weighted by molar-refractivity contribution is -0.127. The molecule has 0 aromatic heterocycles. The van der Waals surface area contributed by atoms with Crippen molar-refractivity contribution < 1.29 is 27.8 Å². The number of aryl methyl sites for hydroxylation is 2. The maximum Gasteiger partial charge on any atom is 0.186 e. The van der Waals surface area contributed by atoms with E-state index >= 15 is 0 Å². The number of fused-ring (bicyclic) bond motifs is 2. The summed E-state index contributed by atoms with van der Waals surface area (Å²) in [7, 11) is 0. The molecule has 7 heteroatoms. The van der Waals surface area contributed by atoms with Crippen LogP contribution >= 0.6 is 0 Å². The molecule has 0 bridgehead atoms. The molecule has 0 fully saturated rings. The van der Waals surface area contributed by atoms with Crippen molar-refractivity contribution in [2.45, 2.75) is 37.9 Å². The van der Waals surface area contributed by atoms with Crippen molar-refractivity contribution in [3.8, 4) is 11.5 Å². The van der Waals surface area contributed by atoms with Crippen molar-refractivity contribution >= 4 is 11.6 Å². The van der Waals surface area contributed by atoms with E-state index in [2.05, 4.69) is 5.32 Å². The molecule has 2 heterocycles. The Balaban J connectivity index is 1.25. The lowest BCUT2D eigenvalue weighted by Crippen LogP contribution is -2.42. The topological polar surface area (TPSA) is 64.6 Å². The second-order valence-corrected chi connectivity index (χ2v) is 7.33. The molecule has 2 aliphatic heterocycles. The summed E-state index contributed by atoms with van der Waals surface area (Å²) in [6.45, 7) is 0.00288. The zero-order valence-electron chi connectivity index (χ0n) is 15.8. The van der Waals surface area contributed by atoms with Gasteiger partial charge in [0.2, 0.25) is 0 Å². The monoisotopic (exact) mass is 401 g/mol. The van der Waals surface area contributed by atoms with Crippen LogP contribution in [0.4, 0.5) is 8.78 Å². The van der Waals surface area contributed by atoms with Crippen LogP contribution in [0.2, 0.25) is 0 Å². The number of carbonyl (C=O) groups is 2. The van der Waals surface area contributed by atoms with Crippen LogP contribution in [0.5, 0.6) is 11.5 Å². The fraction of sp³-hybridized carbons (Fsp3) is 0.364. The van der Waals surface area contributed by atoms with Gasteiger partial charge in [-0.25, -0.2) is 8.78 Å². The summed E-state index contributed by atoms with van der Waals surface area (Å²) in [4.78, 5) is 24.8. The summed E-state index contributed by atoms with van der Waals surface area (Å²) < 4.78 is 37.9. The van der Waals surface area contributed by atoms with E-state index < -0.39 is 12.2 Å². The van der Waals surface area contributed by atoms with E-state index in [0.29, 0.717) is 37.2 Å². The molecule has 0 aliphatic carbocycles. The first-order chi connectivity index (χ1) is 14.0. The molecule has 2 aromatic rings. The Kier molecular flexibility index (Phi) is 5.58. The van der Waals surface area contributed by atoms with Crippen molar-refractivity contribution in [1.82, 2.24) is 5.32 Å². The van der Waals surface area contributed by atoms with Gasteiger partial charge in [0.05, 0.1) is 13.1 Å². The number of carbonyl (C=O) groups excluding carboxylic acids is 2. The number of benzene rings is 2. The highest BCUT2D eigenvalue weighted by Crippen LogP contribution is 2.29. The lowest BCUT2D eigenvalue weighted by Gasteiger charge is -2.26. The van der Waals surface area contributed by atoms with Gasteiger partial charge in [-0.05, 0) is 73.2 Å². The van der Waals surface area contributed by atoms with Gasteiger partial charge in [0.15, 0.2) is 23.8 Å². The molecule has 5 nitrogen and oxygen atoms in total. The SMILES string of the molecule is O=C(CNCC(=O)[C@H]1CCc2cc(F)ccc2O1)[C@@H]1CCc2cc(F)ccc2O1. The number of halogens is 2. The molecule has 29 heavy (non-hydrogen) atoms. The number of ketones is 2. The Bertz CT molecular complexity index is 871. The zero-order chi connectivity index (χ0) is 20.4. The van der Waals surface area contributed by atoms with Crippen LogP contribution in [0, 0.1) is 11.6 Å². The number of hydrogen-bond acceptors (Lipinski definition) is 5. The molecule has 0 spiro atoms. The van der Waals surface area contributed by atoms with Gasteiger partial charge in [-0.3, -0.25) is 9.59 Å². The smallest absolute Gasteiger partial charge is 0.186 e. The molecule has 0 saturated carbocycles.